The zero-order valence-corrected chi connectivity index (χ0v) is 13.0. The van der Waals surface area contributed by atoms with E-state index in [0.29, 0.717) is 0 Å². The SMILES string of the molecule is COC(=O)c1cc(S(=O)(=O)NC2CCNCC2C)cs1. The largest absolute Gasteiger partial charge is 0.465 e. The van der Waals surface area contributed by atoms with Gasteiger partial charge in [0, 0.05) is 11.4 Å². The van der Waals surface area contributed by atoms with Crippen LogP contribution >= 0.6 is 11.3 Å². The van der Waals surface area contributed by atoms with E-state index in [-0.39, 0.29) is 21.7 Å². The standard InChI is InChI=1S/C12H18N2O4S2/c1-8-6-13-4-3-10(8)14-20(16,17)9-5-11(19-7-9)12(15)18-2/h5,7-8,10,13-14H,3-4,6H2,1-2H3. The van der Waals surface area contributed by atoms with E-state index in [1.165, 1.54) is 18.6 Å². The topological polar surface area (TPSA) is 84.5 Å². The van der Waals surface area contributed by atoms with Gasteiger partial charge in [-0.05, 0) is 31.5 Å². The van der Waals surface area contributed by atoms with Crippen molar-refractivity contribution in [2.75, 3.05) is 20.2 Å². The summed E-state index contributed by atoms with van der Waals surface area (Å²) in [5.74, 6) is -0.288. The number of hydrogen-bond acceptors (Lipinski definition) is 6. The zero-order chi connectivity index (χ0) is 14.8. The molecule has 0 amide bonds. The lowest BCUT2D eigenvalue weighted by atomic mass is 9.97. The number of hydrogen-bond donors (Lipinski definition) is 2. The van der Waals surface area contributed by atoms with Gasteiger partial charge in [0.2, 0.25) is 10.0 Å². The molecule has 2 atom stereocenters. The molecule has 20 heavy (non-hydrogen) atoms. The number of thiophene rings is 1. The number of ether oxygens (including phenoxy) is 1. The molecule has 0 saturated carbocycles. The molecule has 1 aromatic rings. The minimum Gasteiger partial charge on any atom is -0.465 e. The van der Waals surface area contributed by atoms with Crippen LogP contribution in [-0.2, 0) is 14.8 Å². The Hall–Kier alpha value is -0.960. The van der Waals surface area contributed by atoms with Gasteiger partial charge in [0.25, 0.3) is 0 Å². The van der Waals surface area contributed by atoms with Gasteiger partial charge in [-0.25, -0.2) is 17.9 Å². The van der Waals surface area contributed by atoms with Crippen LogP contribution in [0, 0.1) is 5.92 Å². The average molecular weight is 318 g/mol. The van der Waals surface area contributed by atoms with Crippen molar-refractivity contribution >= 4 is 27.3 Å². The molecular weight excluding hydrogens is 300 g/mol. The summed E-state index contributed by atoms with van der Waals surface area (Å²) < 4.78 is 31.9. The van der Waals surface area contributed by atoms with Crippen LogP contribution in [0.15, 0.2) is 16.3 Å². The Morgan fingerprint density at radius 1 is 1.55 bits per heavy atom. The van der Waals surface area contributed by atoms with Crippen molar-refractivity contribution in [1.82, 2.24) is 10.0 Å². The highest BCUT2D eigenvalue weighted by Crippen LogP contribution is 2.21. The Balaban J connectivity index is 2.13. The van der Waals surface area contributed by atoms with Crippen LogP contribution in [0.2, 0.25) is 0 Å². The first-order chi connectivity index (χ1) is 9.44. The van der Waals surface area contributed by atoms with Crippen molar-refractivity contribution in [3.63, 3.8) is 0 Å². The van der Waals surface area contributed by atoms with Gasteiger partial charge in [0.05, 0.1) is 12.0 Å². The van der Waals surface area contributed by atoms with Crippen LogP contribution in [0.5, 0.6) is 0 Å². The molecule has 1 saturated heterocycles. The maximum absolute atomic E-state index is 12.3. The lowest BCUT2D eigenvalue weighted by molar-refractivity contribution is 0.0606. The minimum atomic E-state index is -3.59. The molecule has 0 aromatic carbocycles. The third kappa shape index (κ3) is 3.38. The molecule has 0 aliphatic carbocycles. The molecule has 1 aliphatic rings. The number of carbonyl (C=O) groups excluding carboxylic acids is 1. The van der Waals surface area contributed by atoms with Crippen LogP contribution in [-0.4, -0.2) is 40.6 Å². The molecule has 1 fully saturated rings. The Labute approximate surface area is 122 Å². The predicted octanol–water partition coefficient (Wildman–Crippen LogP) is 0.811. The predicted molar refractivity (Wildman–Crippen MR) is 76.4 cm³/mol. The Morgan fingerprint density at radius 3 is 2.95 bits per heavy atom. The summed E-state index contributed by atoms with van der Waals surface area (Å²) in [7, 11) is -2.32. The fraction of sp³-hybridized carbons (Fsp3) is 0.583. The molecule has 1 aromatic heterocycles. The molecule has 2 N–H and O–H groups in total. The number of piperidine rings is 1. The number of methoxy groups -OCH3 is 1. The van der Waals surface area contributed by atoms with E-state index in [0.717, 1.165) is 30.8 Å². The van der Waals surface area contributed by atoms with Crippen molar-refractivity contribution in [3.8, 4) is 0 Å². The fourth-order valence-electron chi connectivity index (χ4n) is 2.12. The van der Waals surface area contributed by atoms with Gasteiger partial charge < -0.3 is 10.1 Å². The maximum Gasteiger partial charge on any atom is 0.348 e. The van der Waals surface area contributed by atoms with Gasteiger partial charge in [-0.15, -0.1) is 11.3 Å². The molecule has 8 heteroatoms. The zero-order valence-electron chi connectivity index (χ0n) is 11.4. The highest BCUT2D eigenvalue weighted by atomic mass is 32.2. The minimum absolute atomic E-state index is 0.0808. The maximum atomic E-state index is 12.3. The molecule has 0 spiro atoms. The second-order valence-electron chi connectivity index (χ2n) is 4.84. The number of esters is 1. The third-order valence-electron chi connectivity index (χ3n) is 3.36. The number of rotatable bonds is 4. The highest BCUT2D eigenvalue weighted by molar-refractivity contribution is 7.89. The molecule has 2 rings (SSSR count). The molecule has 2 unspecified atom stereocenters. The van der Waals surface area contributed by atoms with E-state index < -0.39 is 16.0 Å². The van der Waals surface area contributed by atoms with Crippen molar-refractivity contribution in [3.05, 3.63) is 16.3 Å². The Bertz CT molecular complexity index is 582. The van der Waals surface area contributed by atoms with Gasteiger partial charge in [-0.2, -0.15) is 0 Å². The summed E-state index contributed by atoms with van der Waals surface area (Å²) in [6.45, 7) is 3.60. The second-order valence-corrected chi connectivity index (χ2v) is 7.46. The summed E-state index contributed by atoms with van der Waals surface area (Å²) in [6.07, 6.45) is 0.758. The quantitative estimate of drug-likeness (QED) is 0.803. The average Bonchev–Trinajstić information content (AvgIpc) is 2.91. The van der Waals surface area contributed by atoms with E-state index in [2.05, 4.69) is 14.8 Å². The molecule has 0 bridgehead atoms. The van der Waals surface area contributed by atoms with Gasteiger partial charge in [-0.1, -0.05) is 6.92 Å². The monoisotopic (exact) mass is 318 g/mol. The first-order valence-electron chi connectivity index (χ1n) is 6.34. The van der Waals surface area contributed by atoms with Crippen molar-refractivity contribution in [2.24, 2.45) is 5.92 Å². The lowest BCUT2D eigenvalue weighted by Gasteiger charge is -2.29. The summed E-state index contributed by atoms with van der Waals surface area (Å²) in [5.41, 5.74) is 0. The van der Waals surface area contributed by atoms with Gasteiger partial charge >= 0.3 is 5.97 Å². The number of carbonyl (C=O) groups is 1. The molecule has 112 valence electrons. The van der Waals surface area contributed by atoms with Crippen molar-refractivity contribution in [2.45, 2.75) is 24.3 Å². The van der Waals surface area contributed by atoms with Gasteiger partial charge in [0.1, 0.15) is 4.88 Å². The van der Waals surface area contributed by atoms with E-state index in [1.54, 1.807) is 0 Å². The first kappa shape index (κ1) is 15.4. The Morgan fingerprint density at radius 2 is 2.30 bits per heavy atom. The normalized spacial score (nSPS) is 23.5. The van der Waals surface area contributed by atoms with Crippen LogP contribution in [0.25, 0.3) is 0 Å². The van der Waals surface area contributed by atoms with Crippen molar-refractivity contribution < 1.29 is 17.9 Å². The van der Waals surface area contributed by atoms with E-state index in [1.807, 2.05) is 6.92 Å². The first-order valence-corrected chi connectivity index (χ1v) is 8.70. The van der Waals surface area contributed by atoms with E-state index in [4.69, 9.17) is 0 Å². The van der Waals surface area contributed by atoms with Gasteiger partial charge in [0.15, 0.2) is 0 Å². The van der Waals surface area contributed by atoms with Crippen LogP contribution in [0.1, 0.15) is 23.0 Å². The third-order valence-corrected chi connectivity index (χ3v) is 5.89. The molecule has 6 nitrogen and oxygen atoms in total. The smallest absolute Gasteiger partial charge is 0.348 e. The second kappa shape index (κ2) is 6.21. The molecule has 1 aliphatic heterocycles. The van der Waals surface area contributed by atoms with Crippen LogP contribution in [0.4, 0.5) is 0 Å². The molecule has 2 heterocycles. The molecular formula is C12H18N2O4S2. The number of nitrogens with one attached hydrogen (secondary N) is 2. The summed E-state index contributed by atoms with van der Waals surface area (Å²) in [4.78, 5) is 11.8. The van der Waals surface area contributed by atoms with E-state index >= 15 is 0 Å². The summed E-state index contributed by atoms with van der Waals surface area (Å²) >= 11 is 1.07. The highest BCUT2D eigenvalue weighted by Gasteiger charge is 2.27. The van der Waals surface area contributed by atoms with Gasteiger partial charge in [-0.3, -0.25) is 0 Å². The van der Waals surface area contributed by atoms with Crippen LogP contribution in [0.3, 0.4) is 0 Å². The molecule has 0 radical (unpaired) electrons. The summed E-state index contributed by atoms with van der Waals surface area (Å²) in [5, 5.41) is 4.68. The fourth-order valence-corrected chi connectivity index (χ4v) is 4.69. The lowest BCUT2D eigenvalue weighted by Crippen LogP contribution is -2.48. The Kier molecular flexibility index (Phi) is 4.79. The van der Waals surface area contributed by atoms with Crippen molar-refractivity contribution in [1.29, 1.82) is 0 Å². The van der Waals surface area contributed by atoms with Crippen LogP contribution < -0.4 is 10.0 Å². The number of sulfonamides is 1. The van der Waals surface area contributed by atoms with E-state index in [9.17, 15) is 13.2 Å². The summed E-state index contributed by atoms with van der Waals surface area (Å²) in [6, 6.07) is 1.27.